The van der Waals surface area contributed by atoms with Gasteiger partial charge in [-0.2, -0.15) is 0 Å². The normalized spacial score (nSPS) is 36.8. The second kappa shape index (κ2) is 5.32. The molecule has 1 N–H and O–H groups in total. The van der Waals surface area contributed by atoms with Crippen LogP contribution in [0, 0.1) is 31.1 Å². The van der Waals surface area contributed by atoms with Crippen LogP contribution in [-0.2, 0) is 4.79 Å². The van der Waals surface area contributed by atoms with Gasteiger partial charge in [-0.3, -0.25) is 4.79 Å². The molecule has 1 aromatic carbocycles. The van der Waals surface area contributed by atoms with Crippen LogP contribution in [0.15, 0.2) is 18.2 Å². The number of carbonyl (C=O) groups excluding carboxylic acids is 1. The highest BCUT2D eigenvalue weighted by molar-refractivity contribution is 5.93. The average molecular weight is 327 g/mol. The molecule has 1 aromatic rings. The predicted molar refractivity (Wildman–Crippen MR) is 96.0 cm³/mol. The van der Waals surface area contributed by atoms with E-state index in [4.69, 9.17) is 0 Å². The van der Waals surface area contributed by atoms with Crippen LogP contribution in [0.5, 0.6) is 0 Å². The van der Waals surface area contributed by atoms with Gasteiger partial charge in [-0.05, 0) is 92.9 Å². The number of anilines is 1. The number of nitrogens with zero attached hydrogens (tertiary/aromatic N) is 1. The van der Waals surface area contributed by atoms with Gasteiger partial charge in [0.05, 0.1) is 5.60 Å². The van der Waals surface area contributed by atoms with Gasteiger partial charge in [-0.25, -0.2) is 0 Å². The summed E-state index contributed by atoms with van der Waals surface area (Å²) in [6.45, 7) is 4.15. The van der Waals surface area contributed by atoms with E-state index in [1.165, 1.54) is 17.5 Å². The van der Waals surface area contributed by atoms with E-state index in [9.17, 15) is 9.90 Å². The van der Waals surface area contributed by atoms with Crippen molar-refractivity contribution in [1.29, 1.82) is 0 Å². The predicted octanol–water partition coefficient (Wildman–Crippen LogP) is 3.99. The van der Waals surface area contributed by atoms with Crippen molar-refractivity contribution in [1.82, 2.24) is 0 Å². The smallest absolute Gasteiger partial charge is 0.227 e. The average Bonchev–Trinajstić information content (AvgIpc) is 2.42. The van der Waals surface area contributed by atoms with Gasteiger partial charge in [0.25, 0.3) is 0 Å². The summed E-state index contributed by atoms with van der Waals surface area (Å²) in [5.74, 6) is 1.47. The van der Waals surface area contributed by atoms with E-state index in [1.54, 1.807) is 0 Å². The molecule has 0 spiro atoms. The van der Waals surface area contributed by atoms with E-state index in [1.807, 2.05) is 11.9 Å². The maximum absolute atomic E-state index is 13.0. The molecule has 4 bridgehead atoms. The fraction of sp³-hybridized carbons (Fsp3) is 0.667. The summed E-state index contributed by atoms with van der Waals surface area (Å²) in [5, 5.41) is 10.9. The van der Waals surface area contributed by atoms with Crippen molar-refractivity contribution in [3.63, 3.8) is 0 Å². The third-order valence-electron chi connectivity index (χ3n) is 6.65. The number of amides is 1. The van der Waals surface area contributed by atoms with Gasteiger partial charge >= 0.3 is 0 Å². The SMILES string of the molecule is Cc1cc(C)cc(N(C)C(=O)CC23CC4CC(CC(O)(C4)C2)C3)c1. The molecule has 4 saturated carbocycles. The van der Waals surface area contributed by atoms with Crippen molar-refractivity contribution >= 4 is 11.6 Å². The Morgan fingerprint density at radius 1 is 1.12 bits per heavy atom. The van der Waals surface area contributed by atoms with Crippen LogP contribution in [0.1, 0.15) is 56.1 Å². The van der Waals surface area contributed by atoms with Crippen LogP contribution in [0.25, 0.3) is 0 Å². The summed E-state index contributed by atoms with van der Waals surface area (Å²) < 4.78 is 0. The highest BCUT2D eigenvalue weighted by Crippen LogP contribution is 2.62. The molecule has 0 aromatic heterocycles. The lowest BCUT2D eigenvalue weighted by atomic mass is 9.47. The minimum Gasteiger partial charge on any atom is -0.390 e. The molecule has 24 heavy (non-hydrogen) atoms. The number of aryl methyl sites for hydroxylation is 2. The first kappa shape index (κ1) is 16.1. The van der Waals surface area contributed by atoms with Crippen LogP contribution in [0.2, 0.25) is 0 Å². The Hall–Kier alpha value is -1.35. The molecule has 0 aliphatic heterocycles. The fourth-order valence-corrected chi connectivity index (χ4v) is 6.34. The molecule has 2 atom stereocenters. The zero-order chi connectivity index (χ0) is 17.1. The lowest BCUT2D eigenvalue weighted by molar-refractivity contribution is -0.168. The van der Waals surface area contributed by atoms with Crippen LogP contribution < -0.4 is 4.90 Å². The molecule has 0 saturated heterocycles. The largest absolute Gasteiger partial charge is 0.390 e. The molecule has 3 nitrogen and oxygen atoms in total. The summed E-state index contributed by atoms with van der Waals surface area (Å²) in [6, 6.07) is 6.30. The number of benzene rings is 1. The maximum atomic E-state index is 13.0. The first-order valence-corrected chi connectivity index (χ1v) is 9.33. The number of hydrogen-bond acceptors (Lipinski definition) is 2. The van der Waals surface area contributed by atoms with E-state index in [-0.39, 0.29) is 11.3 Å². The quantitative estimate of drug-likeness (QED) is 0.912. The molecule has 2 unspecified atom stereocenters. The minimum absolute atomic E-state index is 0.0447. The summed E-state index contributed by atoms with van der Waals surface area (Å²) in [6.07, 6.45) is 6.89. The maximum Gasteiger partial charge on any atom is 0.227 e. The molecule has 130 valence electrons. The number of hydrogen-bond donors (Lipinski definition) is 1. The highest BCUT2D eigenvalue weighted by atomic mass is 16.3. The van der Waals surface area contributed by atoms with E-state index >= 15 is 0 Å². The first-order valence-electron chi connectivity index (χ1n) is 9.33. The molecule has 0 heterocycles. The molecule has 3 heteroatoms. The Morgan fingerprint density at radius 3 is 2.25 bits per heavy atom. The van der Waals surface area contributed by atoms with Crippen molar-refractivity contribution < 1.29 is 9.90 Å². The Labute approximate surface area is 145 Å². The Morgan fingerprint density at radius 2 is 1.71 bits per heavy atom. The standard InChI is InChI=1S/C21H29NO2/c1-14-4-15(2)6-18(5-14)22(3)19(23)12-20-8-16-7-17(9-20)11-21(24,10-16)13-20/h4-6,16-17,24H,7-13H2,1-3H3. The summed E-state index contributed by atoms with van der Waals surface area (Å²) in [7, 11) is 1.89. The van der Waals surface area contributed by atoms with Crippen molar-refractivity contribution in [2.75, 3.05) is 11.9 Å². The molecule has 4 fully saturated rings. The van der Waals surface area contributed by atoms with Gasteiger partial charge in [0.15, 0.2) is 0 Å². The van der Waals surface area contributed by atoms with E-state index in [0.29, 0.717) is 18.3 Å². The molecule has 1 amide bonds. The van der Waals surface area contributed by atoms with Gasteiger partial charge < -0.3 is 10.0 Å². The number of carbonyl (C=O) groups is 1. The zero-order valence-electron chi connectivity index (χ0n) is 15.1. The Bertz CT molecular complexity index is 646. The van der Waals surface area contributed by atoms with Crippen LogP contribution in [0.3, 0.4) is 0 Å². The Balaban J connectivity index is 1.53. The third-order valence-corrected chi connectivity index (χ3v) is 6.65. The summed E-state index contributed by atoms with van der Waals surface area (Å²) in [5.41, 5.74) is 2.93. The first-order chi connectivity index (χ1) is 11.3. The zero-order valence-corrected chi connectivity index (χ0v) is 15.1. The number of aliphatic hydroxyl groups is 1. The third kappa shape index (κ3) is 2.77. The van der Waals surface area contributed by atoms with Gasteiger partial charge in [0.1, 0.15) is 0 Å². The molecule has 4 aliphatic carbocycles. The molecule has 4 aliphatic rings. The second-order valence-electron chi connectivity index (χ2n) is 9.16. The minimum atomic E-state index is -0.483. The van der Waals surface area contributed by atoms with Gasteiger partial charge in [0, 0.05) is 19.2 Å². The lowest BCUT2D eigenvalue weighted by Gasteiger charge is -2.60. The lowest BCUT2D eigenvalue weighted by Crippen LogP contribution is -2.56. The second-order valence-corrected chi connectivity index (χ2v) is 9.16. The van der Waals surface area contributed by atoms with Crippen LogP contribution >= 0.6 is 0 Å². The Kier molecular flexibility index (Phi) is 3.58. The molecule has 0 radical (unpaired) electrons. The van der Waals surface area contributed by atoms with E-state index in [0.717, 1.165) is 37.8 Å². The van der Waals surface area contributed by atoms with Crippen molar-refractivity contribution in [3.05, 3.63) is 29.3 Å². The van der Waals surface area contributed by atoms with E-state index < -0.39 is 5.60 Å². The van der Waals surface area contributed by atoms with Crippen molar-refractivity contribution in [2.45, 2.75) is 64.4 Å². The van der Waals surface area contributed by atoms with Crippen LogP contribution in [-0.4, -0.2) is 23.7 Å². The molecular formula is C21H29NO2. The van der Waals surface area contributed by atoms with Gasteiger partial charge in [-0.1, -0.05) is 6.07 Å². The van der Waals surface area contributed by atoms with Crippen LogP contribution in [0.4, 0.5) is 5.69 Å². The van der Waals surface area contributed by atoms with E-state index in [2.05, 4.69) is 32.0 Å². The highest BCUT2D eigenvalue weighted by Gasteiger charge is 2.57. The van der Waals surface area contributed by atoms with Gasteiger partial charge in [-0.15, -0.1) is 0 Å². The monoisotopic (exact) mass is 327 g/mol. The fourth-order valence-electron chi connectivity index (χ4n) is 6.34. The van der Waals surface area contributed by atoms with Crippen molar-refractivity contribution in [3.8, 4) is 0 Å². The number of rotatable bonds is 3. The summed E-state index contributed by atoms with van der Waals surface area (Å²) in [4.78, 5) is 14.8. The molecule has 5 rings (SSSR count). The van der Waals surface area contributed by atoms with Crippen molar-refractivity contribution in [2.24, 2.45) is 17.3 Å². The summed E-state index contributed by atoms with van der Waals surface area (Å²) >= 11 is 0. The molecular weight excluding hydrogens is 298 g/mol. The van der Waals surface area contributed by atoms with Gasteiger partial charge in [0.2, 0.25) is 5.91 Å². The topological polar surface area (TPSA) is 40.5 Å².